The van der Waals surface area contributed by atoms with Crippen LogP contribution in [-0.4, -0.2) is 10.7 Å². The minimum Gasteiger partial charge on any atom is -0.347 e. The van der Waals surface area contributed by atoms with Crippen molar-refractivity contribution in [2.45, 2.75) is 19.1 Å². The van der Waals surface area contributed by atoms with Crippen molar-refractivity contribution >= 4 is 26.8 Å². The van der Waals surface area contributed by atoms with Gasteiger partial charge in [-0.25, -0.2) is 0 Å². The van der Waals surface area contributed by atoms with Crippen LogP contribution in [0.2, 0.25) is 0 Å². The van der Waals surface area contributed by atoms with E-state index in [1.54, 1.807) is 10.8 Å². The minimum absolute atomic E-state index is 0.0331. The zero-order chi connectivity index (χ0) is 11.8. The van der Waals surface area contributed by atoms with Crippen LogP contribution >= 0.6 is 15.9 Å². The number of hydrogen-bond acceptors (Lipinski definition) is 0. The van der Waals surface area contributed by atoms with Crippen molar-refractivity contribution in [2.24, 2.45) is 0 Å². The molecule has 1 aromatic heterocycles. The van der Waals surface area contributed by atoms with Gasteiger partial charge in [0.05, 0.1) is 6.42 Å². The third kappa shape index (κ3) is 2.58. The lowest BCUT2D eigenvalue weighted by atomic mass is 10.2. The van der Waals surface area contributed by atoms with E-state index in [1.165, 1.54) is 0 Å². The first-order valence-electron chi connectivity index (χ1n) is 4.77. The lowest BCUT2D eigenvalue weighted by Gasteiger charge is -2.08. The molecule has 0 amide bonds. The molecule has 2 aromatic rings. The van der Waals surface area contributed by atoms with Crippen LogP contribution in [0.25, 0.3) is 10.9 Å². The summed E-state index contributed by atoms with van der Waals surface area (Å²) in [5, 5.41) is 0.941. The summed E-state index contributed by atoms with van der Waals surface area (Å²) in [5.41, 5.74) is 0.826. The molecule has 2 rings (SSSR count). The Hall–Kier alpha value is -0.970. The smallest absolute Gasteiger partial charge is 0.347 e. The van der Waals surface area contributed by atoms with E-state index in [0.29, 0.717) is 0 Å². The van der Waals surface area contributed by atoms with Crippen molar-refractivity contribution in [3.8, 4) is 0 Å². The molecule has 0 bridgehead atoms. The molecule has 0 saturated heterocycles. The van der Waals surface area contributed by atoms with E-state index in [1.807, 2.05) is 24.3 Å². The topological polar surface area (TPSA) is 4.93 Å². The molecule has 0 radical (unpaired) electrons. The van der Waals surface area contributed by atoms with Gasteiger partial charge in [0.2, 0.25) is 0 Å². The normalized spacial score (nSPS) is 12.2. The van der Waals surface area contributed by atoms with Crippen LogP contribution in [0.1, 0.15) is 6.42 Å². The quantitative estimate of drug-likeness (QED) is 0.775. The summed E-state index contributed by atoms with van der Waals surface area (Å²) in [6.07, 6.45) is -3.22. The summed E-state index contributed by atoms with van der Waals surface area (Å²) in [5.74, 6) is 0. The Morgan fingerprint density at radius 2 is 1.94 bits per heavy atom. The third-order valence-electron chi connectivity index (χ3n) is 2.37. The Balaban J connectivity index is 2.25. The van der Waals surface area contributed by atoms with E-state index in [2.05, 4.69) is 15.9 Å². The molecule has 0 atom stereocenters. The monoisotopic (exact) mass is 291 g/mol. The number of rotatable bonds is 2. The van der Waals surface area contributed by atoms with Crippen molar-refractivity contribution in [3.05, 3.63) is 34.9 Å². The van der Waals surface area contributed by atoms with Gasteiger partial charge in [0, 0.05) is 28.1 Å². The molecule has 86 valence electrons. The second-order valence-corrected chi connectivity index (χ2v) is 4.49. The van der Waals surface area contributed by atoms with Crippen molar-refractivity contribution in [1.82, 2.24) is 4.57 Å². The lowest BCUT2D eigenvalue weighted by molar-refractivity contribution is -0.136. The lowest BCUT2D eigenvalue weighted by Crippen LogP contribution is -2.11. The number of fused-ring (bicyclic) bond motifs is 1. The first-order valence-corrected chi connectivity index (χ1v) is 5.56. The maximum atomic E-state index is 12.1. The molecule has 0 saturated carbocycles. The summed E-state index contributed by atoms with van der Waals surface area (Å²) in [7, 11) is 0. The summed E-state index contributed by atoms with van der Waals surface area (Å²) >= 11 is 3.32. The predicted molar refractivity (Wildman–Crippen MR) is 60.3 cm³/mol. The fourth-order valence-electron chi connectivity index (χ4n) is 1.61. The molecule has 0 aliphatic carbocycles. The molecular formula is C11H9BrF3N. The third-order valence-corrected chi connectivity index (χ3v) is 2.86. The van der Waals surface area contributed by atoms with Crippen LogP contribution in [0.15, 0.2) is 34.9 Å². The minimum atomic E-state index is -4.11. The van der Waals surface area contributed by atoms with Crippen LogP contribution in [0.3, 0.4) is 0 Å². The molecule has 1 nitrogen and oxygen atoms in total. The molecular weight excluding hydrogens is 283 g/mol. The van der Waals surface area contributed by atoms with Gasteiger partial charge >= 0.3 is 6.18 Å². The molecule has 0 fully saturated rings. The van der Waals surface area contributed by atoms with Gasteiger partial charge in [-0.2, -0.15) is 13.2 Å². The highest BCUT2D eigenvalue weighted by atomic mass is 79.9. The molecule has 5 heteroatoms. The van der Waals surface area contributed by atoms with Crippen LogP contribution < -0.4 is 0 Å². The summed E-state index contributed by atoms with van der Waals surface area (Å²) < 4.78 is 38.8. The Bertz CT molecular complexity index is 501. The highest BCUT2D eigenvalue weighted by Gasteiger charge is 2.26. The number of nitrogens with zero attached hydrogens (tertiary/aromatic N) is 1. The summed E-state index contributed by atoms with van der Waals surface area (Å²) in [6, 6.07) is 7.35. The van der Waals surface area contributed by atoms with E-state index in [-0.39, 0.29) is 6.54 Å². The zero-order valence-corrected chi connectivity index (χ0v) is 9.85. The van der Waals surface area contributed by atoms with Crippen molar-refractivity contribution in [1.29, 1.82) is 0 Å². The molecule has 1 aromatic carbocycles. The van der Waals surface area contributed by atoms with E-state index in [9.17, 15) is 13.2 Å². The Labute approximate surface area is 99.0 Å². The number of aryl methyl sites for hydroxylation is 1. The van der Waals surface area contributed by atoms with E-state index >= 15 is 0 Å². The summed E-state index contributed by atoms with van der Waals surface area (Å²) in [4.78, 5) is 0. The van der Waals surface area contributed by atoms with E-state index in [0.717, 1.165) is 15.4 Å². The number of hydrogen-bond donors (Lipinski definition) is 0. The van der Waals surface area contributed by atoms with Gasteiger partial charge < -0.3 is 4.57 Å². The first-order chi connectivity index (χ1) is 7.46. The number of halogens is 4. The fraction of sp³-hybridized carbons (Fsp3) is 0.273. The molecule has 1 heterocycles. The molecule has 0 aliphatic rings. The van der Waals surface area contributed by atoms with Crippen molar-refractivity contribution in [2.75, 3.05) is 0 Å². The summed E-state index contributed by atoms with van der Waals surface area (Å²) in [6.45, 7) is -0.0331. The Morgan fingerprint density at radius 1 is 1.19 bits per heavy atom. The Morgan fingerprint density at radius 3 is 2.62 bits per heavy atom. The first kappa shape index (κ1) is 11.5. The highest BCUT2D eigenvalue weighted by Crippen LogP contribution is 2.24. The molecule has 16 heavy (non-hydrogen) atoms. The predicted octanol–water partition coefficient (Wildman–Crippen LogP) is 4.36. The number of alkyl halides is 3. The Kier molecular flexibility index (Phi) is 2.97. The van der Waals surface area contributed by atoms with Crippen molar-refractivity contribution < 1.29 is 13.2 Å². The second-order valence-electron chi connectivity index (χ2n) is 3.58. The average molecular weight is 292 g/mol. The van der Waals surface area contributed by atoms with Crippen LogP contribution in [-0.2, 0) is 6.54 Å². The second kappa shape index (κ2) is 4.13. The van der Waals surface area contributed by atoms with Gasteiger partial charge in [-0.1, -0.05) is 15.9 Å². The molecule has 0 aliphatic heterocycles. The van der Waals surface area contributed by atoms with Gasteiger partial charge in [0.1, 0.15) is 0 Å². The van der Waals surface area contributed by atoms with Gasteiger partial charge in [-0.05, 0) is 24.3 Å². The van der Waals surface area contributed by atoms with E-state index < -0.39 is 12.6 Å². The molecule has 0 spiro atoms. The maximum absolute atomic E-state index is 12.1. The van der Waals surface area contributed by atoms with Gasteiger partial charge in [0.15, 0.2) is 0 Å². The standard InChI is InChI=1S/C11H9BrF3N/c12-9-1-2-10-8(7-9)3-5-16(10)6-4-11(13,14)15/h1-3,5,7H,4,6H2. The number of aromatic nitrogens is 1. The van der Waals surface area contributed by atoms with Crippen LogP contribution in [0, 0.1) is 0 Å². The average Bonchev–Trinajstić information content (AvgIpc) is 2.56. The largest absolute Gasteiger partial charge is 0.390 e. The van der Waals surface area contributed by atoms with Crippen LogP contribution in [0.5, 0.6) is 0 Å². The fourth-order valence-corrected chi connectivity index (χ4v) is 1.99. The van der Waals surface area contributed by atoms with Gasteiger partial charge in [0.25, 0.3) is 0 Å². The number of benzene rings is 1. The van der Waals surface area contributed by atoms with Gasteiger partial charge in [-0.3, -0.25) is 0 Å². The molecule has 0 unspecified atom stereocenters. The van der Waals surface area contributed by atoms with Gasteiger partial charge in [-0.15, -0.1) is 0 Å². The molecule has 0 N–H and O–H groups in total. The SMILES string of the molecule is FC(F)(F)CCn1ccc2cc(Br)ccc21. The zero-order valence-electron chi connectivity index (χ0n) is 8.26. The highest BCUT2D eigenvalue weighted by molar-refractivity contribution is 9.10. The van der Waals surface area contributed by atoms with E-state index in [4.69, 9.17) is 0 Å². The van der Waals surface area contributed by atoms with Crippen LogP contribution in [0.4, 0.5) is 13.2 Å². The van der Waals surface area contributed by atoms with Crippen molar-refractivity contribution in [3.63, 3.8) is 0 Å². The maximum Gasteiger partial charge on any atom is 0.390 e.